The molecule has 1 heterocycles. The molecule has 14 heavy (non-hydrogen) atoms. The summed E-state index contributed by atoms with van der Waals surface area (Å²) in [6.07, 6.45) is 0. The molecule has 0 saturated carbocycles. The van der Waals surface area contributed by atoms with E-state index in [1.165, 1.54) is 6.07 Å². The summed E-state index contributed by atoms with van der Waals surface area (Å²) in [6, 6.07) is 4.75. The number of fused-ring (bicyclic) bond motifs is 1. The Morgan fingerprint density at radius 1 is 1.64 bits per heavy atom. The predicted molar refractivity (Wildman–Crippen MR) is 51.7 cm³/mol. The molecule has 0 amide bonds. The molecule has 1 aromatic rings. The summed E-state index contributed by atoms with van der Waals surface area (Å²) in [4.78, 5) is 11.4. The van der Waals surface area contributed by atoms with Crippen LogP contribution in [0.4, 0.5) is 10.1 Å². The molecule has 2 rings (SSSR count). The number of nitrogens with one attached hydrogen (secondary N) is 1. The minimum Gasteiger partial charge on any atom is -0.381 e. The number of carbonyl (C=O) groups is 1. The SMILES string of the molecule is NCC(=O)C1CNc2c(F)cccc21. The van der Waals surface area contributed by atoms with Crippen molar-refractivity contribution in [2.24, 2.45) is 5.73 Å². The van der Waals surface area contributed by atoms with Gasteiger partial charge in [-0.25, -0.2) is 4.39 Å². The number of hydrogen-bond acceptors (Lipinski definition) is 3. The van der Waals surface area contributed by atoms with Gasteiger partial charge in [0, 0.05) is 6.54 Å². The van der Waals surface area contributed by atoms with Crippen molar-refractivity contribution in [3.8, 4) is 0 Å². The van der Waals surface area contributed by atoms with Crippen molar-refractivity contribution in [3.05, 3.63) is 29.6 Å². The maximum Gasteiger partial charge on any atom is 0.155 e. The van der Waals surface area contributed by atoms with Crippen molar-refractivity contribution >= 4 is 11.5 Å². The molecule has 1 aliphatic rings. The van der Waals surface area contributed by atoms with Crippen LogP contribution in [-0.2, 0) is 4.79 Å². The molecule has 3 nitrogen and oxygen atoms in total. The largest absolute Gasteiger partial charge is 0.381 e. The number of hydrogen-bond donors (Lipinski definition) is 2. The second-order valence-corrected chi connectivity index (χ2v) is 3.31. The van der Waals surface area contributed by atoms with Gasteiger partial charge in [-0.15, -0.1) is 0 Å². The van der Waals surface area contributed by atoms with Crippen molar-refractivity contribution in [2.45, 2.75) is 5.92 Å². The van der Waals surface area contributed by atoms with Gasteiger partial charge < -0.3 is 11.1 Å². The molecule has 1 atom stereocenters. The van der Waals surface area contributed by atoms with Gasteiger partial charge in [0.15, 0.2) is 5.78 Å². The lowest BCUT2D eigenvalue weighted by Gasteiger charge is -2.06. The molecule has 1 unspecified atom stereocenters. The molecule has 74 valence electrons. The van der Waals surface area contributed by atoms with Crippen LogP contribution in [0.5, 0.6) is 0 Å². The van der Waals surface area contributed by atoms with E-state index in [4.69, 9.17) is 5.73 Å². The van der Waals surface area contributed by atoms with Gasteiger partial charge in [0.25, 0.3) is 0 Å². The number of anilines is 1. The zero-order chi connectivity index (χ0) is 10.1. The highest BCUT2D eigenvalue weighted by Gasteiger charge is 2.28. The van der Waals surface area contributed by atoms with Crippen LogP contribution in [0.1, 0.15) is 11.5 Å². The van der Waals surface area contributed by atoms with E-state index in [1.54, 1.807) is 12.1 Å². The van der Waals surface area contributed by atoms with E-state index in [2.05, 4.69) is 5.32 Å². The number of ketones is 1. The molecule has 1 aromatic carbocycles. The second kappa shape index (κ2) is 3.38. The first-order valence-corrected chi connectivity index (χ1v) is 4.49. The number of para-hydroxylation sites is 1. The lowest BCUT2D eigenvalue weighted by Crippen LogP contribution is -2.22. The fourth-order valence-corrected chi connectivity index (χ4v) is 1.76. The zero-order valence-electron chi connectivity index (χ0n) is 7.59. The van der Waals surface area contributed by atoms with Gasteiger partial charge in [-0.1, -0.05) is 12.1 Å². The number of benzene rings is 1. The molecular weight excluding hydrogens is 183 g/mol. The summed E-state index contributed by atoms with van der Waals surface area (Å²) >= 11 is 0. The van der Waals surface area contributed by atoms with Crippen LogP contribution < -0.4 is 11.1 Å². The van der Waals surface area contributed by atoms with Gasteiger partial charge in [0.2, 0.25) is 0 Å². The van der Waals surface area contributed by atoms with Crippen molar-refractivity contribution in [3.63, 3.8) is 0 Å². The standard InChI is InChI=1S/C10H11FN2O/c11-8-3-1-2-6-7(9(14)4-12)5-13-10(6)8/h1-3,7,13H,4-5,12H2. The van der Waals surface area contributed by atoms with Gasteiger partial charge in [-0.3, -0.25) is 4.79 Å². The molecule has 3 N–H and O–H groups in total. The molecule has 1 aliphatic heterocycles. The minimum absolute atomic E-state index is 0.00228. The van der Waals surface area contributed by atoms with E-state index in [0.29, 0.717) is 12.2 Å². The molecule has 0 spiro atoms. The fourth-order valence-electron chi connectivity index (χ4n) is 1.76. The third-order valence-corrected chi connectivity index (χ3v) is 2.49. The van der Waals surface area contributed by atoms with Gasteiger partial charge in [0.05, 0.1) is 18.2 Å². The van der Waals surface area contributed by atoms with E-state index in [-0.39, 0.29) is 24.1 Å². The molecule has 0 aliphatic carbocycles. The topological polar surface area (TPSA) is 55.1 Å². The number of nitrogens with two attached hydrogens (primary N) is 1. The Morgan fingerprint density at radius 3 is 3.14 bits per heavy atom. The van der Waals surface area contributed by atoms with Gasteiger partial charge in [-0.2, -0.15) is 0 Å². The molecule has 0 saturated heterocycles. The lowest BCUT2D eigenvalue weighted by atomic mass is 9.97. The van der Waals surface area contributed by atoms with E-state index >= 15 is 0 Å². The van der Waals surface area contributed by atoms with Crippen LogP contribution in [0.3, 0.4) is 0 Å². The first-order chi connectivity index (χ1) is 6.74. The first kappa shape index (κ1) is 9.15. The maximum atomic E-state index is 13.2. The predicted octanol–water partition coefficient (Wildman–Crippen LogP) is 0.863. The van der Waals surface area contributed by atoms with Gasteiger partial charge in [0.1, 0.15) is 5.82 Å². The summed E-state index contributed by atoms with van der Waals surface area (Å²) in [6.45, 7) is 0.453. The summed E-state index contributed by atoms with van der Waals surface area (Å²) in [5, 5.41) is 2.88. The fraction of sp³-hybridized carbons (Fsp3) is 0.300. The average molecular weight is 194 g/mol. The minimum atomic E-state index is -0.310. The Labute approximate surface area is 81.1 Å². The molecule has 0 aromatic heterocycles. The van der Waals surface area contributed by atoms with Gasteiger partial charge in [-0.05, 0) is 11.6 Å². The molecule has 4 heteroatoms. The van der Waals surface area contributed by atoms with Crippen molar-refractivity contribution in [2.75, 3.05) is 18.4 Å². The van der Waals surface area contributed by atoms with Crippen molar-refractivity contribution < 1.29 is 9.18 Å². The van der Waals surface area contributed by atoms with Crippen LogP contribution in [0.2, 0.25) is 0 Å². The molecular formula is C10H11FN2O. The van der Waals surface area contributed by atoms with Crippen LogP contribution in [0.25, 0.3) is 0 Å². The lowest BCUT2D eigenvalue weighted by molar-refractivity contribution is -0.118. The Morgan fingerprint density at radius 2 is 2.43 bits per heavy atom. The van der Waals surface area contributed by atoms with Crippen LogP contribution >= 0.6 is 0 Å². The monoisotopic (exact) mass is 194 g/mol. The Hall–Kier alpha value is -1.42. The summed E-state index contributed by atoms with van der Waals surface area (Å²) < 4.78 is 13.2. The van der Waals surface area contributed by atoms with E-state index in [1.807, 2.05) is 0 Å². The van der Waals surface area contributed by atoms with Crippen molar-refractivity contribution in [1.29, 1.82) is 0 Å². The Balaban J connectivity index is 2.40. The zero-order valence-corrected chi connectivity index (χ0v) is 7.59. The van der Waals surface area contributed by atoms with E-state index in [0.717, 1.165) is 5.56 Å². The summed E-state index contributed by atoms with van der Waals surface area (Å²) in [7, 11) is 0. The number of Topliss-reactive ketones (excluding diaryl/α,β-unsaturated/α-hetero) is 1. The van der Waals surface area contributed by atoms with Gasteiger partial charge >= 0.3 is 0 Å². The summed E-state index contributed by atoms with van der Waals surface area (Å²) in [5.41, 5.74) is 6.44. The molecule has 0 radical (unpaired) electrons. The third kappa shape index (κ3) is 1.28. The highest BCUT2D eigenvalue weighted by molar-refractivity contribution is 5.91. The van der Waals surface area contributed by atoms with Crippen LogP contribution in [0, 0.1) is 5.82 Å². The smallest absolute Gasteiger partial charge is 0.155 e. The highest BCUT2D eigenvalue weighted by Crippen LogP contribution is 2.33. The average Bonchev–Trinajstić information content (AvgIpc) is 2.62. The maximum absolute atomic E-state index is 13.2. The third-order valence-electron chi connectivity index (χ3n) is 2.49. The van der Waals surface area contributed by atoms with E-state index in [9.17, 15) is 9.18 Å². The number of carbonyl (C=O) groups excluding carboxylic acids is 1. The van der Waals surface area contributed by atoms with Crippen LogP contribution in [-0.4, -0.2) is 18.9 Å². The second-order valence-electron chi connectivity index (χ2n) is 3.31. The molecule has 0 bridgehead atoms. The first-order valence-electron chi connectivity index (χ1n) is 4.49. The number of rotatable bonds is 2. The molecule has 0 fully saturated rings. The summed E-state index contributed by atoms with van der Waals surface area (Å²) in [5.74, 6) is -0.651. The normalized spacial score (nSPS) is 18.9. The Bertz CT molecular complexity index is 378. The number of halogens is 1. The van der Waals surface area contributed by atoms with E-state index < -0.39 is 0 Å². The van der Waals surface area contributed by atoms with Crippen LogP contribution in [0.15, 0.2) is 18.2 Å². The Kier molecular flexibility index (Phi) is 2.21. The quantitative estimate of drug-likeness (QED) is 0.734. The highest BCUT2D eigenvalue weighted by atomic mass is 19.1. The van der Waals surface area contributed by atoms with Crippen molar-refractivity contribution in [1.82, 2.24) is 0 Å².